The molecule has 0 bridgehead atoms. The molecule has 0 atom stereocenters. The fourth-order valence-corrected chi connectivity index (χ4v) is 2.22. The number of anilines is 1. The number of pyridine rings is 2. The molecule has 2 aromatic heterocycles. The van der Waals surface area contributed by atoms with E-state index in [0.29, 0.717) is 27.9 Å². The third-order valence-corrected chi connectivity index (χ3v) is 3.23. The highest BCUT2D eigenvalue weighted by molar-refractivity contribution is 5.88. The summed E-state index contributed by atoms with van der Waals surface area (Å²) in [4.78, 5) is 7.42. The molecule has 104 valence electrons. The molecule has 3 aromatic rings. The van der Waals surface area contributed by atoms with E-state index >= 15 is 0 Å². The van der Waals surface area contributed by atoms with Gasteiger partial charge in [-0.2, -0.15) is 0 Å². The number of halogens is 2. The quantitative estimate of drug-likeness (QED) is 0.730. The standard InChI is InChI=1S/C16H11F2N3/c17-14-8-20-6-4-10(14)12-2-1-3-13(16(12)19)11-5-7-21-9-15(11)18/h1-9H,19H2. The summed E-state index contributed by atoms with van der Waals surface area (Å²) in [6, 6.07) is 8.16. The minimum absolute atomic E-state index is 0.313. The van der Waals surface area contributed by atoms with Crippen LogP contribution < -0.4 is 5.73 Å². The second-order valence-electron chi connectivity index (χ2n) is 4.48. The normalized spacial score (nSPS) is 10.6. The van der Waals surface area contributed by atoms with Crippen LogP contribution in [0.15, 0.2) is 55.1 Å². The van der Waals surface area contributed by atoms with Crippen molar-refractivity contribution < 1.29 is 8.78 Å². The van der Waals surface area contributed by atoms with E-state index in [9.17, 15) is 8.78 Å². The molecule has 0 amide bonds. The number of benzene rings is 1. The van der Waals surface area contributed by atoms with E-state index in [1.54, 1.807) is 18.2 Å². The Morgan fingerprint density at radius 2 is 1.19 bits per heavy atom. The van der Waals surface area contributed by atoms with Gasteiger partial charge in [0.2, 0.25) is 0 Å². The highest BCUT2D eigenvalue weighted by Crippen LogP contribution is 2.36. The predicted octanol–water partition coefficient (Wildman–Crippen LogP) is 3.67. The molecule has 0 aliphatic rings. The van der Waals surface area contributed by atoms with E-state index in [4.69, 9.17) is 5.73 Å². The minimum Gasteiger partial charge on any atom is -0.398 e. The Morgan fingerprint density at radius 3 is 1.62 bits per heavy atom. The highest BCUT2D eigenvalue weighted by Gasteiger charge is 2.14. The van der Waals surface area contributed by atoms with Crippen LogP contribution in [0.2, 0.25) is 0 Å². The van der Waals surface area contributed by atoms with Crippen molar-refractivity contribution in [2.75, 3.05) is 5.73 Å². The highest BCUT2D eigenvalue weighted by atomic mass is 19.1. The molecule has 21 heavy (non-hydrogen) atoms. The van der Waals surface area contributed by atoms with E-state index in [2.05, 4.69) is 9.97 Å². The molecule has 0 spiro atoms. The average molecular weight is 283 g/mol. The summed E-state index contributed by atoms with van der Waals surface area (Å²) in [5, 5.41) is 0. The van der Waals surface area contributed by atoms with Crippen LogP contribution in [0.5, 0.6) is 0 Å². The summed E-state index contributed by atoms with van der Waals surface area (Å²) in [6.45, 7) is 0. The summed E-state index contributed by atoms with van der Waals surface area (Å²) in [6.07, 6.45) is 5.21. The second kappa shape index (κ2) is 5.28. The molecular formula is C16H11F2N3. The molecule has 0 aliphatic heterocycles. The number of rotatable bonds is 2. The van der Waals surface area contributed by atoms with Gasteiger partial charge >= 0.3 is 0 Å². The predicted molar refractivity (Wildman–Crippen MR) is 77.2 cm³/mol. The smallest absolute Gasteiger partial charge is 0.149 e. The van der Waals surface area contributed by atoms with Crippen molar-refractivity contribution in [3.05, 3.63) is 66.8 Å². The van der Waals surface area contributed by atoms with Crippen molar-refractivity contribution in [1.82, 2.24) is 9.97 Å². The van der Waals surface area contributed by atoms with E-state index in [0.717, 1.165) is 12.4 Å². The Kier molecular flexibility index (Phi) is 3.31. The number of nitrogens with two attached hydrogens (primary N) is 1. The van der Waals surface area contributed by atoms with Crippen LogP contribution in [-0.2, 0) is 0 Å². The van der Waals surface area contributed by atoms with Crippen LogP contribution >= 0.6 is 0 Å². The van der Waals surface area contributed by atoms with Crippen molar-refractivity contribution in [3.8, 4) is 22.3 Å². The Morgan fingerprint density at radius 1 is 0.714 bits per heavy atom. The summed E-state index contributed by atoms with van der Waals surface area (Å²) >= 11 is 0. The second-order valence-corrected chi connectivity index (χ2v) is 4.48. The zero-order valence-electron chi connectivity index (χ0n) is 10.9. The van der Waals surface area contributed by atoms with Crippen molar-refractivity contribution in [2.45, 2.75) is 0 Å². The van der Waals surface area contributed by atoms with Gasteiger partial charge in [0.15, 0.2) is 0 Å². The Hall–Kier alpha value is -2.82. The lowest BCUT2D eigenvalue weighted by molar-refractivity contribution is 0.625. The van der Waals surface area contributed by atoms with Crippen LogP contribution in [0.25, 0.3) is 22.3 Å². The molecule has 0 saturated carbocycles. The summed E-state index contributed by atoms with van der Waals surface area (Å²) in [5.41, 5.74) is 8.09. The third kappa shape index (κ3) is 2.33. The van der Waals surface area contributed by atoms with E-state index in [-0.39, 0.29) is 0 Å². The van der Waals surface area contributed by atoms with Gasteiger partial charge in [-0.1, -0.05) is 18.2 Å². The first-order valence-corrected chi connectivity index (χ1v) is 6.26. The largest absolute Gasteiger partial charge is 0.398 e. The SMILES string of the molecule is Nc1c(-c2ccncc2F)cccc1-c1ccncc1F. The number of hydrogen-bond donors (Lipinski definition) is 1. The van der Waals surface area contributed by atoms with Crippen molar-refractivity contribution >= 4 is 5.69 Å². The van der Waals surface area contributed by atoms with Gasteiger partial charge in [-0.25, -0.2) is 8.78 Å². The van der Waals surface area contributed by atoms with Gasteiger partial charge < -0.3 is 5.73 Å². The Balaban J connectivity index is 2.21. The topological polar surface area (TPSA) is 51.8 Å². The number of hydrogen-bond acceptors (Lipinski definition) is 3. The Bertz CT molecular complexity index is 739. The Labute approximate surface area is 120 Å². The molecule has 5 heteroatoms. The van der Waals surface area contributed by atoms with Gasteiger partial charge in [0, 0.05) is 40.3 Å². The molecule has 2 N–H and O–H groups in total. The van der Waals surface area contributed by atoms with Gasteiger partial charge in [0.05, 0.1) is 12.4 Å². The molecule has 3 rings (SSSR count). The minimum atomic E-state index is -0.475. The first-order chi connectivity index (χ1) is 10.2. The maximum Gasteiger partial charge on any atom is 0.149 e. The number of aromatic nitrogens is 2. The van der Waals surface area contributed by atoms with Gasteiger partial charge in [-0.05, 0) is 12.1 Å². The van der Waals surface area contributed by atoms with Crippen LogP contribution in [0.3, 0.4) is 0 Å². The van der Waals surface area contributed by atoms with Crippen molar-refractivity contribution in [2.24, 2.45) is 0 Å². The van der Waals surface area contributed by atoms with Crippen molar-refractivity contribution in [3.63, 3.8) is 0 Å². The number of para-hydroxylation sites is 1. The van der Waals surface area contributed by atoms with Gasteiger partial charge in [-0.15, -0.1) is 0 Å². The molecule has 0 aliphatic carbocycles. The molecule has 0 unspecified atom stereocenters. The maximum atomic E-state index is 13.9. The summed E-state index contributed by atoms with van der Waals surface area (Å²) in [5.74, 6) is -0.951. The number of nitrogens with zero attached hydrogens (tertiary/aromatic N) is 2. The lowest BCUT2D eigenvalue weighted by atomic mass is 9.97. The van der Waals surface area contributed by atoms with E-state index < -0.39 is 11.6 Å². The van der Waals surface area contributed by atoms with E-state index in [1.807, 2.05) is 0 Å². The molecule has 0 saturated heterocycles. The maximum absolute atomic E-state index is 13.9. The lowest BCUT2D eigenvalue weighted by Gasteiger charge is -2.12. The zero-order valence-corrected chi connectivity index (χ0v) is 10.9. The lowest BCUT2D eigenvalue weighted by Crippen LogP contribution is -1.97. The van der Waals surface area contributed by atoms with Crippen molar-refractivity contribution in [1.29, 1.82) is 0 Å². The van der Waals surface area contributed by atoms with Crippen LogP contribution in [-0.4, -0.2) is 9.97 Å². The first-order valence-electron chi connectivity index (χ1n) is 6.26. The van der Waals surface area contributed by atoms with Gasteiger partial charge in [0.1, 0.15) is 11.6 Å². The van der Waals surface area contributed by atoms with E-state index in [1.165, 1.54) is 24.5 Å². The fraction of sp³-hybridized carbons (Fsp3) is 0. The fourth-order valence-electron chi connectivity index (χ4n) is 2.22. The molecule has 2 heterocycles. The third-order valence-electron chi connectivity index (χ3n) is 3.23. The molecular weight excluding hydrogens is 272 g/mol. The molecule has 3 nitrogen and oxygen atoms in total. The summed E-state index contributed by atoms with van der Waals surface area (Å²) < 4.78 is 27.7. The molecule has 1 aromatic carbocycles. The van der Waals surface area contributed by atoms with Gasteiger partial charge in [-0.3, -0.25) is 9.97 Å². The zero-order chi connectivity index (χ0) is 14.8. The monoisotopic (exact) mass is 283 g/mol. The molecule has 0 fully saturated rings. The van der Waals surface area contributed by atoms with Crippen LogP contribution in [0.1, 0.15) is 0 Å². The number of nitrogen functional groups attached to an aromatic ring is 1. The summed E-state index contributed by atoms with van der Waals surface area (Å²) in [7, 11) is 0. The average Bonchev–Trinajstić information content (AvgIpc) is 2.49. The molecule has 0 radical (unpaired) electrons. The first kappa shape index (κ1) is 13.2. The van der Waals surface area contributed by atoms with Gasteiger partial charge in [0.25, 0.3) is 0 Å². The van der Waals surface area contributed by atoms with Crippen LogP contribution in [0, 0.1) is 11.6 Å². The van der Waals surface area contributed by atoms with Crippen LogP contribution in [0.4, 0.5) is 14.5 Å².